The summed E-state index contributed by atoms with van der Waals surface area (Å²) in [5, 5.41) is 2.47. The van der Waals surface area contributed by atoms with E-state index in [0.29, 0.717) is 5.76 Å². The number of furan rings is 1. The number of carbonyl (C=O) groups excluding carboxylic acids is 2. The van der Waals surface area contributed by atoms with Crippen LogP contribution in [0.5, 0.6) is 0 Å². The lowest BCUT2D eigenvalue weighted by Gasteiger charge is -2.05. The van der Waals surface area contributed by atoms with Crippen LogP contribution in [0.3, 0.4) is 0 Å². The largest absolute Gasteiger partial charge is 0.455 e. The minimum Gasteiger partial charge on any atom is -0.455 e. The number of nitrogens with one attached hydrogen (secondary N) is 2. The third-order valence-electron chi connectivity index (χ3n) is 2.13. The van der Waals surface area contributed by atoms with E-state index in [4.69, 9.17) is 10.2 Å². The average molecular weight is 225 g/mol. The van der Waals surface area contributed by atoms with Crippen LogP contribution in [-0.2, 0) is 16.2 Å². The molecule has 1 aliphatic rings. The number of hydrogen-bond acceptors (Lipinski definition) is 5. The zero-order valence-electron chi connectivity index (χ0n) is 8.36. The molecule has 7 nitrogen and oxygen atoms in total. The molecule has 0 aliphatic carbocycles. The number of carbonyl (C=O) groups is 2. The molecule has 1 saturated heterocycles. The molecule has 0 saturated carbocycles. The number of hydrogen-bond donors (Lipinski definition) is 3. The first-order valence-electron chi connectivity index (χ1n) is 4.72. The van der Waals surface area contributed by atoms with E-state index >= 15 is 0 Å². The van der Waals surface area contributed by atoms with Crippen molar-refractivity contribution in [3.63, 3.8) is 0 Å². The van der Waals surface area contributed by atoms with Crippen LogP contribution in [0.15, 0.2) is 16.5 Å². The van der Waals surface area contributed by atoms with Crippen LogP contribution < -0.4 is 16.5 Å². The molecule has 7 heteroatoms. The van der Waals surface area contributed by atoms with Gasteiger partial charge in [-0.15, -0.1) is 0 Å². The first kappa shape index (κ1) is 10.7. The Kier molecular flexibility index (Phi) is 2.88. The van der Waals surface area contributed by atoms with Crippen molar-refractivity contribution < 1.29 is 18.8 Å². The van der Waals surface area contributed by atoms with E-state index in [1.807, 2.05) is 0 Å². The van der Waals surface area contributed by atoms with Crippen molar-refractivity contribution in [2.24, 2.45) is 5.73 Å². The van der Waals surface area contributed by atoms with Gasteiger partial charge in [-0.2, -0.15) is 0 Å². The summed E-state index contributed by atoms with van der Waals surface area (Å²) in [7, 11) is 0. The van der Waals surface area contributed by atoms with Crippen LogP contribution in [0.1, 0.15) is 16.3 Å². The average Bonchev–Trinajstić information content (AvgIpc) is 2.88. The zero-order valence-corrected chi connectivity index (χ0v) is 8.36. The van der Waals surface area contributed by atoms with Crippen molar-refractivity contribution >= 4 is 11.8 Å². The minimum atomic E-state index is -0.682. The van der Waals surface area contributed by atoms with Crippen LogP contribution in [0.2, 0.25) is 0 Å². The summed E-state index contributed by atoms with van der Waals surface area (Å²) < 4.78 is 5.13. The lowest BCUT2D eigenvalue weighted by Crippen LogP contribution is -2.41. The normalized spacial score (nSPS) is 19.6. The van der Waals surface area contributed by atoms with Crippen molar-refractivity contribution in [3.8, 4) is 0 Å². The van der Waals surface area contributed by atoms with Crippen LogP contribution in [0.4, 0.5) is 0 Å². The van der Waals surface area contributed by atoms with Crippen molar-refractivity contribution in [1.82, 2.24) is 10.8 Å². The van der Waals surface area contributed by atoms with Gasteiger partial charge in [0.1, 0.15) is 18.4 Å². The first-order valence-corrected chi connectivity index (χ1v) is 4.72. The van der Waals surface area contributed by atoms with E-state index in [0.717, 1.165) is 0 Å². The zero-order chi connectivity index (χ0) is 11.5. The number of amides is 2. The molecule has 16 heavy (non-hydrogen) atoms. The maximum atomic E-state index is 11.6. The van der Waals surface area contributed by atoms with Gasteiger partial charge in [0, 0.05) is 0 Å². The number of rotatable bonds is 3. The summed E-state index contributed by atoms with van der Waals surface area (Å²) in [6.07, 6.45) is 0. The molecule has 1 atom stereocenters. The van der Waals surface area contributed by atoms with Gasteiger partial charge in [-0.3, -0.25) is 14.4 Å². The predicted molar refractivity (Wildman–Crippen MR) is 51.9 cm³/mol. The topological polar surface area (TPSA) is 107 Å². The molecule has 86 valence electrons. The van der Waals surface area contributed by atoms with Crippen LogP contribution in [-0.4, -0.2) is 24.5 Å². The Morgan fingerprint density at radius 2 is 2.44 bits per heavy atom. The van der Waals surface area contributed by atoms with Crippen molar-refractivity contribution in [3.05, 3.63) is 23.7 Å². The highest BCUT2D eigenvalue weighted by Crippen LogP contribution is 2.07. The summed E-state index contributed by atoms with van der Waals surface area (Å²) in [5.41, 5.74) is 7.48. The third kappa shape index (κ3) is 2.05. The van der Waals surface area contributed by atoms with E-state index < -0.39 is 11.9 Å². The smallest absolute Gasteiger partial charge is 0.287 e. The van der Waals surface area contributed by atoms with E-state index in [1.54, 1.807) is 6.07 Å². The highest BCUT2D eigenvalue weighted by Gasteiger charge is 2.28. The SMILES string of the molecule is NCc1ccc(C(=O)N[C@@H]2CONC2=O)o1. The monoisotopic (exact) mass is 225 g/mol. The minimum absolute atomic E-state index is 0.106. The molecule has 2 heterocycles. The molecule has 1 aliphatic heterocycles. The summed E-state index contributed by atoms with van der Waals surface area (Å²) in [5.74, 6) is -0.207. The van der Waals surface area contributed by atoms with Crippen molar-refractivity contribution in [1.29, 1.82) is 0 Å². The predicted octanol–water partition coefficient (Wildman–Crippen LogP) is -1.10. The van der Waals surface area contributed by atoms with Crippen LogP contribution in [0.25, 0.3) is 0 Å². The van der Waals surface area contributed by atoms with Gasteiger partial charge in [0.25, 0.3) is 11.8 Å². The van der Waals surface area contributed by atoms with Gasteiger partial charge in [0.15, 0.2) is 5.76 Å². The standard InChI is InChI=1S/C9H11N3O4/c10-3-5-1-2-7(16-5)9(14)11-6-4-15-12-8(6)13/h1-2,6H,3-4,10H2,(H,11,14)(H,12,13)/t6-/m1/s1. The molecule has 1 aromatic rings. The van der Waals surface area contributed by atoms with E-state index in [1.165, 1.54) is 6.07 Å². The Morgan fingerprint density at radius 3 is 3.00 bits per heavy atom. The maximum absolute atomic E-state index is 11.6. The molecule has 1 aromatic heterocycles. The Labute approximate surface area is 90.9 Å². The van der Waals surface area contributed by atoms with Gasteiger partial charge in [-0.1, -0.05) is 0 Å². The molecule has 0 unspecified atom stereocenters. The summed E-state index contributed by atoms with van der Waals surface area (Å²) in [6.45, 7) is 0.329. The second-order valence-electron chi connectivity index (χ2n) is 3.27. The third-order valence-corrected chi connectivity index (χ3v) is 2.13. The van der Waals surface area contributed by atoms with Gasteiger partial charge in [0.05, 0.1) is 6.54 Å². The Bertz CT molecular complexity index is 415. The fraction of sp³-hybridized carbons (Fsp3) is 0.333. The molecule has 0 aromatic carbocycles. The lowest BCUT2D eigenvalue weighted by molar-refractivity contribution is -0.125. The van der Waals surface area contributed by atoms with Gasteiger partial charge < -0.3 is 15.5 Å². The Morgan fingerprint density at radius 1 is 1.62 bits per heavy atom. The summed E-state index contributed by atoms with van der Waals surface area (Å²) in [6, 6.07) is 2.43. The molecule has 2 amide bonds. The van der Waals surface area contributed by atoms with Gasteiger partial charge in [0.2, 0.25) is 0 Å². The molecule has 4 N–H and O–H groups in total. The molecular weight excluding hydrogens is 214 g/mol. The number of nitrogens with two attached hydrogens (primary N) is 1. The molecule has 1 fully saturated rings. The molecule has 2 rings (SSSR count). The molecule has 0 radical (unpaired) electrons. The van der Waals surface area contributed by atoms with Crippen molar-refractivity contribution in [2.45, 2.75) is 12.6 Å². The number of hydroxylamine groups is 1. The van der Waals surface area contributed by atoms with Crippen molar-refractivity contribution in [2.75, 3.05) is 6.61 Å². The summed E-state index contributed by atoms with van der Waals surface area (Å²) in [4.78, 5) is 27.4. The fourth-order valence-corrected chi connectivity index (χ4v) is 1.29. The van der Waals surface area contributed by atoms with E-state index in [9.17, 15) is 9.59 Å². The van der Waals surface area contributed by atoms with Crippen LogP contribution >= 0.6 is 0 Å². The van der Waals surface area contributed by atoms with Crippen LogP contribution in [0, 0.1) is 0 Å². The maximum Gasteiger partial charge on any atom is 0.287 e. The lowest BCUT2D eigenvalue weighted by atomic mass is 10.3. The second kappa shape index (κ2) is 4.33. The van der Waals surface area contributed by atoms with Gasteiger partial charge in [-0.25, -0.2) is 5.48 Å². The molecule has 0 bridgehead atoms. The molecular formula is C9H11N3O4. The van der Waals surface area contributed by atoms with Gasteiger partial charge in [-0.05, 0) is 12.1 Å². The fourth-order valence-electron chi connectivity index (χ4n) is 1.29. The Balaban J connectivity index is 1.99. The van der Waals surface area contributed by atoms with E-state index in [2.05, 4.69) is 15.6 Å². The highest BCUT2D eigenvalue weighted by molar-refractivity contribution is 5.95. The second-order valence-corrected chi connectivity index (χ2v) is 3.27. The first-order chi connectivity index (χ1) is 7.70. The molecule has 0 spiro atoms. The summed E-state index contributed by atoms with van der Waals surface area (Å²) >= 11 is 0. The Hall–Kier alpha value is -1.86. The van der Waals surface area contributed by atoms with E-state index in [-0.39, 0.29) is 24.8 Å². The highest BCUT2D eigenvalue weighted by atomic mass is 16.7. The van der Waals surface area contributed by atoms with Gasteiger partial charge >= 0.3 is 0 Å². The quantitative estimate of drug-likeness (QED) is 0.605.